The molecule has 1 aromatic heterocycles. The molecule has 0 radical (unpaired) electrons. The third kappa shape index (κ3) is 8.92. The number of aliphatic imine (C=N–C) groups is 1. The van der Waals surface area contributed by atoms with Gasteiger partial charge in [-0.15, -0.1) is 35.3 Å². The van der Waals surface area contributed by atoms with Crippen LogP contribution in [0.4, 0.5) is 0 Å². The van der Waals surface area contributed by atoms with Crippen molar-refractivity contribution < 1.29 is 0 Å². The number of unbranched alkanes of at least 4 members (excludes halogenated alkanes) is 1. The van der Waals surface area contributed by atoms with Crippen LogP contribution in [0, 0.1) is 12.8 Å². The lowest BCUT2D eigenvalue weighted by Gasteiger charge is -2.20. The van der Waals surface area contributed by atoms with Crippen LogP contribution in [0.2, 0.25) is 0 Å². The predicted molar refractivity (Wildman–Crippen MR) is 109 cm³/mol. The molecule has 1 heterocycles. The predicted octanol–water partition coefficient (Wildman–Crippen LogP) is 3.99. The molecular formula is C16H31IN4S. The summed E-state index contributed by atoms with van der Waals surface area (Å²) in [7, 11) is 0. The number of halogens is 1. The van der Waals surface area contributed by atoms with Crippen molar-refractivity contribution in [3.8, 4) is 0 Å². The van der Waals surface area contributed by atoms with Gasteiger partial charge in [-0.05, 0) is 46.0 Å². The second-order valence-electron chi connectivity index (χ2n) is 5.78. The van der Waals surface area contributed by atoms with Gasteiger partial charge in [0.2, 0.25) is 0 Å². The molecule has 0 bridgehead atoms. The Morgan fingerprint density at radius 1 is 1.32 bits per heavy atom. The van der Waals surface area contributed by atoms with Crippen LogP contribution in [0.1, 0.15) is 51.2 Å². The number of rotatable bonds is 8. The topological polar surface area (TPSA) is 49.3 Å². The fourth-order valence-electron chi connectivity index (χ4n) is 1.80. The summed E-state index contributed by atoms with van der Waals surface area (Å²) in [5, 5.41) is 10.1. The van der Waals surface area contributed by atoms with Crippen molar-refractivity contribution in [3.63, 3.8) is 0 Å². The summed E-state index contributed by atoms with van der Waals surface area (Å²) >= 11 is 1.76. The van der Waals surface area contributed by atoms with E-state index in [1.807, 2.05) is 0 Å². The van der Waals surface area contributed by atoms with E-state index in [4.69, 9.17) is 0 Å². The third-order valence-corrected chi connectivity index (χ3v) is 4.47. The normalized spacial score (nSPS) is 12.9. The second kappa shape index (κ2) is 12.1. The molecule has 128 valence electrons. The Morgan fingerprint density at radius 2 is 2.05 bits per heavy atom. The first-order valence-electron chi connectivity index (χ1n) is 7.98. The quantitative estimate of drug-likeness (QED) is 0.279. The molecule has 22 heavy (non-hydrogen) atoms. The number of guanidine groups is 1. The first-order valence-corrected chi connectivity index (χ1v) is 8.86. The van der Waals surface area contributed by atoms with Gasteiger partial charge in [-0.3, -0.25) is 4.99 Å². The Bertz CT molecular complexity index is 432. The molecule has 0 saturated heterocycles. The van der Waals surface area contributed by atoms with E-state index in [1.165, 1.54) is 5.01 Å². The van der Waals surface area contributed by atoms with Crippen LogP contribution in [0.3, 0.4) is 0 Å². The number of hydrogen-bond acceptors (Lipinski definition) is 3. The Morgan fingerprint density at radius 3 is 2.59 bits per heavy atom. The van der Waals surface area contributed by atoms with E-state index in [2.05, 4.69) is 60.6 Å². The van der Waals surface area contributed by atoms with Crippen LogP contribution in [0.5, 0.6) is 0 Å². The molecule has 1 rings (SSSR count). The van der Waals surface area contributed by atoms with Crippen LogP contribution >= 0.6 is 35.3 Å². The van der Waals surface area contributed by atoms with Crippen molar-refractivity contribution in [3.05, 3.63) is 16.1 Å². The highest BCUT2D eigenvalue weighted by Gasteiger charge is 2.08. The van der Waals surface area contributed by atoms with Gasteiger partial charge >= 0.3 is 0 Å². The Balaban J connectivity index is 0.00000441. The maximum atomic E-state index is 4.65. The van der Waals surface area contributed by atoms with Crippen LogP contribution in [0.15, 0.2) is 10.4 Å². The number of aryl methyl sites for hydroxylation is 2. The minimum absolute atomic E-state index is 0. The molecule has 4 nitrogen and oxygen atoms in total. The lowest BCUT2D eigenvalue weighted by molar-refractivity contribution is 0.481. The maximum Gasteiger partial charge on any atom is 0.191 e. The number of aromatic nitrogens is 1. The van der Waals surface area contributed by atoms with Crippen molar-refractivity contribution in [2.24, 2.45) is 10.9 Å². The number of hydrogen-bond donors (Lipinski definition) is 2. The Hall–Kier alpha value is -0.370. The molecular weight excluding hydrogens is 407 g/mol. The Labute approximate surface area is 156 Å². The van der Waals surface area contributed by atoms with E-state index in [-0.39, 0.29) is 24.0 Å². The maximum absolute atomic E-state index is 4.65. The van der Waals surface area contributed by atoms with Crippen molar-refractivity contribution in [2.45, 2.75) is 59.9 Å². The van der Waals surface area contributed by atoms with E-state index in [1.54, 1.807) is 11.3 Å². The van der Waals surface area contributed by atoms with E-state index < -0.39 is 0 Å². The molecule has 0 aliphatic heterocycles. The van der Waals surface area contributed by atoms with E-state index in [0.29, 0.717) is 12.0 Å². The van der Waals surface area contributed by atoms with E-state index in [9.17, 15) is 0 Å². The van der Waals surface area contributed by atoms with Gasteiger partial charge in [-0.25, -0.2) is 4.98 Å². The Kier molecular flexibility index (Phi) is 11.9. The van der Waals surface area contributed by atoms with Gasteiger partial charge in [0.25, 0.3) is 0 Å². The monoisotopic (exact) mass is 438 g/mol. The molecule has 1 aromatic rings. The van der Waals surface area contributed by atoms with Crippen molar-refractivity contribution in [2.75, 3.05) is 13.1 Å². The molecule has 1 atom stereocenters. The summed E-state index contributed by atoms with van der Waals surface area (Å²) in [4.78, 5) is 9.14. The van der Waals surface area contributed by atoms with Crippen LogP contribution in [-0.4, -0.2) is 30.1 Å². The minimum Gasteiger partial charge on any atom is -0.357 e. The van der Waals surface area contributed by atoms with Gasteiger partial charge in [0.15, 0.2) is 5.96 Å². The largest absolute Gasteiger partial charge is 0.357 e. The molecule has 0 spiro atoms. The first-order chi connectivity index (χ1) is 10.0. The molecule has 0 amide bonds. The number of thiazole rings is 1. The zero-order valence-corrected chi connectivity index (χ0v) is 17.6. The van der Waals surface area contributed by atoms with Crippen LogP contribution in [0.25, 0.3) is 0 Å². The molecule has 0 saturated carbocycles. The highest BCUT2D eigenvalue weighted by Crippen LogP contribution is 2.11. The van der Waals surface area contributed by atoms with E-state index >= 15 is 0 Å². The van der Waals surface area contributed by atoms with Crippen molar-refractivity contribution in [1.82, 2.24) is 15.6 Å². The second-order valence-corrected chi connectivity index (χ2v) is 6.72. The van der Waals surface area contributed by atoms with Gasteiger partial charge in [-0.2, -0.15) is 0 Å². The third-order valence-electron chi connectivity index (χ3n) is 3.44. The summed E-state index contributed by atoms with van der Waals surface area (Å²) in [6, 6.07) is 0.432. The zero-order chi connectivity index (χ0) is 15.7. The van der Waals surface area contributed by atoms with Crippen LogP contribution in [-0.2, 0) is 6.42 Å². The summed E-state index contributed by atoms with van der Waals surface area (Å²) in [6.07, 6.45) is 3.32. The summed E-state index contributed by atoms with van der Waals surface area (Å²) in [5.74, 6) is 1.53. The average Bonchev–Trinajstić information content (AvgIpc) is 2.84. The standard InChI is InChI=1S/C16H30N4S.HI/c1-6-17-16(20-14(5)12(2)3)18-10-8-7-9-15-19-13(4)11-21-15;/h11-12,14H,6-10H2,1-5H3,(H2,17,18,20);1H. The molecule has 0 aliphatic carbocycles. The van der Waals surface area contributed by atoms with Gasteiger partial charge in [0.1, 0.15) is 0 Å². The minimum atomic E-state index is 0. The van der Waals surface area contributed by atoms with E-state index in [0.717, 1.165) is 44.0 Å². The SMILES string of the molecule is CCNC(=NCCCCc1nc(C)cs1)NC(C)C(C)C.I. The molecule has 6 heteroatoms. The summed E-state index contributed by atoms with van der Waals surface area (Å²) in [5.41, 5.74) is 1.13. The molecule has 2 N–H and O–H groups in total. The molecule has 0 aliphatic rings. The van der Waals surface area contributed by atoms with Gasteiger partial charge < -0.3 is 10.6 Å². The smallest absolute Gasteiger partial charge is 0.191 e. The first kappa shape index (κ1) is 21.6. The lowest BCUT2D eigenvalue weighted by Crippen LogP contribution is -2.44. The highest BCUT2D eigenvalue weighted by molar-refractivity contribution is 14.0. The summed E-state index contributed by atoms with van der Waals surface area (Å²) in [6.45, 7) is 12.5. The van der Waals surface area contributed by atoms with Gasteiger partial charge in [0.05, 0.1) is 5.01 Å². The highest BCUT2D eigenvalue weighted by atomic mass is 127. The fraction of sp³-hybridized carbons (Fsp3) is 0.750. The fourth-order valence-corrected chi connectivity index (χ4v) is 2.62. The van der Waals surface area contributed by atoms with Crippen LogP contribution < -0.4 is 10.6 Å². The zero-order valence-electron chi connectivity index (χ0n) is 14.5. The summed E-state index contributed by atoms with van der Waals surface area (Å²) < 4.78 is 0. The molecule has 1 unspecified atom stereocenters. The van der Waals surface area contributed by atoms with Crippen molar-refractivity contribution in [1.29, 1.82) is 0 Å². The molecule has 0 fully saturated rings. The number of nitrogens with zero attached hydrogens (tertiary/aromatic N) is 2. The molecule has 0 aromatic carbocycles. The average molecular weight is 438 g/mol. The van der Waals surface area contributed by atoms with Gasteiger partial charge in [-0.1, -0.05) is 13.8 Å². The number of nitrogens with one attached hydrogen (secondary N) is 2. The lowest BCUT2D eigenvalue weighted by atomic mass is 10.1. The van der Waals surface area contributed by atoms with Crippen molar-refractivity contribution >= 4 is 41.3 Å². The van der Waals surface area contributed by atoms with Gasteiger partial charge in [0, 0.05) is 30.2 Å².